The highest BCUT2D eigenvalue weighted by Crippen LogP contribution is 2.17. The zero-order valence-electron chi connectivity index (χ0n) is 15.9. The van der Waals surface area contributed by atoms with Crippen molar-refractivity contribution in [2.45, 2.75) is 6.42 Å². The molecule has 0 saturated carbocycles. The van der Waals surface area contributed by atoms with Gasteiger partial charge in [0.05, 0.1) is 7.11 Å². The summed E-state index contributed by atoms with van der Waals surface area (Å²) in [5.41, 5.74) is 3.19. The van der Waals surface area contributed by atoms with Crippen LogP contribution >= 0.6 is 0 Å². The third-order valence-corrected chi connectivity index (χ3v) is 4.30. The molecule has 0 unspecified atom stereocenters. The van der Waals surface area contributed by atoms with Gasteiger partial charge in [-0.15, -0.1) is 0 Å². The van der Waals surface area contributed by atoms with Gasteiger partial charge in [-0.1, -0.05) is 36.4 Å². The van der Waals surface area contributed by atoms with E-state index in [4.69, 9.17) is 4.74 Å². The Kier molecular flexibility index (Phi) is 6.39. The molecule has 1 N–H and O–H groups in total. The van der Waals surface area contributed by atoms with Crippen molar-refractivity contribution in [1.82, 2.24) is 0 Å². The van der Waals surface area contributed by atoms with E-state index in [0.29, 0.717) is 17.9 Å². The normalized spacial score (nSPS) is 10.9. The first-order chi connectivity index (χ1) is 14.1. The maximum absolute atomic E-state index is 13.3. The fourth-order valence-electron chi connectivity index (χ4n) is 2.80. The van der Waals surface area contributed by atoms with Crippen LogP contribution in [0, 0.1) is 17.1 Å². The van der Waals surface area contributed by atoms with Gasteiger partial charge in [0.15, 0.2) is 0 Å². The Morgan fingerprint density at radius 3 is 2.41 bits per heavy atom. The number of ether oxygens (including phenoxy) is 1. The molecule has 0 aliphatic rings. The first-order valence-electron chi connectivity index (χ1n) is 8.98. The van der Waals surface area contributed by atoms with Crippen LogP contribution in [-0.4, -0.2) is 13.0 Å². The van der Waals surface area contributed by atoms with Crippen molar-refractivity contribution in [2.75, 3.05) is 12.4 Å². The first-order valence-corrected chi connectivity index (χ1v) is 8.98. The predicted molar refractivity (Wildman–Crippen MR) is 111 cm³/mol. The number of carbonyl (C=O) groups excluding carboxylic acids is 1. The average molecular weight is 386 g/mol. The summed E-state index contributed by atoms with van der Waals surface area (Å²) in [7, 11) is 1.56. The number of rotatable bonds is 6. The SMILES string of the molecule is COc1ccc(NC(=O)/C(C#N)=C/c2ccc(Cc3cccc(F)c3)cc2)cc1. The smallest absolute Gasteiger partial charge is 0.266 e. The van der Waals surface area contributed by atoms with Crippen LogP contribution in [0.3, 0.4) is 0 Å². The van der Waals surface area contributed by atoms with Crippen molar-refractivity contribution in [3.8, 4) is 11.8 Å². The average Bonchev–Trinajstić information content (AvgIpc) is 2.73. The third-order valence-electron chi connectivity index (χ3n) is 4.30. The largest absolute Gasteiger partial charge is 0.497 e. The van der Waals surface area contributed by atoms with Crippen LogP contribution in [0.4, 0.5) is 10.1 Å². The molecule has 3 aromatic rings. The third kappa shape index (κ3) is 5.53. The van der Waals surface area contributed by atoms with E-state index in [2.05, 4.69) is 5.32 Å². The number of hydrogen-bond donors (Lipinski definition) is 1. The topological polar surface area (TPSA) is 62.1 Å². The molecule has 5 heteroatoms. The molecular weight excluding hydrogens is 367 g/mol. The van der Waals surface area contributed by atoms with Gasteiger partial charge in [-0.05, 0) is 65.6 Å². The van der Waals surface area contributed by atoms with Crippen molar-refractivity contribution in [1.29, 1.82) is 5.26 Å². The second-order valence-electron chi connectivity index (χ2n) is 6.40. The van der Waals surface area contributed by atoms with E-state index in [9.17, 15) is 14.4 Å². The van der Waals surface area contributed by atoms with Crippen molar-refractivity contribution in [3.63, 3.8) is 0 Å². The summed E-state index contributed by atoms with van der Waals surface area (Å²) in [4.78, 5) is 12.4. The lowest BCUT2D eigenvalue weighted by molar-refractivity contribution is -0.112. The van der Waals surface area contributed by atoms with E-state index in [1.807, 2.05) is 36.4 Å². The Balaban J connectivity index is 1.69. The number of nitrogens with one attached hydrogen (secondary N) is 1. The molecule has 3 aromatic carbocycles. The molecule has 29 heavy (non-hydrogen) atoms. The van der Waals surface area contributed by atoms with Crippen LogP contribution in [-0.2, 0) is 11.2 Å². The zero-order valence-corrected chi connectivity index (χ0v) is 15.9. The number of nitriles is 1. The number of anilines is 1. The lowest BCUT2D eigenvalue weighted by Gasteiger charge is -2.06. The summed E-state index contributed by atoms with van der Waals surface area (Å²) < 4.78 is 18.4. The Hall–Kier alpha value is -3.91. The minimum atomic E-state index is -0.485. The number of benzene rings is 3. The molecule has 0 radical (unpaired) electrons. The Morgan fingerprint density at radius 1 is 1.07 bits per heavy atom. The van der Waals surface area contributed by atoms with E-state index in [-0.39, 0.29) is 11.4 Å². The molecular formula is C24H19FN2O2. The van der Waals surface area contributed by atoms with Crippen molar-refractivity contribution in [2.24, 2.45) is 0 Å². The number of nitrogens with zero attached hydrogens (tertiary/aromatic N) is 1. The second kappa shape index (κ2) is 9.34. The Labute approximate surface area is 168 Å². The molecule has 0 bridgehead atoms. The van der Waals surface area contributed by atoms with E-state index in [1.165, 1.54) is 18.2 Å². The quantitative estimate of drug-likeness (QED) is 0.481. The first kappa shape index (κ1) is 19.8. The number of hydrogen-bond acceptors (Lipinski definition) is 3. The molecule has 0 aliphatic carbocycles. The molecule has 0 fully saturated rings. The van der Waals surface area contributed by atoms with Gasteiger partial charge >= 0.3 is 0 Å². The maximum atomic E-state index is 13.3. The van der Waals surface area contributed by atoms with Crippen LogP contribution in [0.2, 0.25) is 0 Å². The van der Waals surface area contributed by atoms with E-state index in [0.717, 1.165) is 16.7 Å². The van der Waals surface area contributed by atoms with E-state index in [1.54, 1.807) is 37.4 Å². The summed E-state index contributed by atoms with van der Waals surface area (Å²) in [5, 5.41) is 12.1. The lowest BCUT2D eigenvalue weighted by Crippen LogP contribution is -2.13. The van der Waals surface area contributed by atoms with Gasteiger partial charge < -0.3 is 10.1 Å². The summed E-state index contributed by atoms with van der Waals surface area (Å²) in [5.74, 6) is -0.0672. The number of carbonyl (C=O) groups is 1. The lowest BCUT2D eigenvalue weighted by atomic mass is 10.0. The molecule has 0 atom stereocenters. The summed E-state index contributed by atoms with van der Waals surface area (Å²) in [6, 6.07) is 22.7. The Bertz CT molecular complexity index is 1070. The molecule has 0 saturated heterocycles. The summed E-state index contributed by atoms with van der Waals surface area (Å²) in [6.45, 7) is 0. The van der Waals surface area contributed by atoms with Crippen molar-refractivity contribution >= 4 is 17.7 Å². The van der Waals surface area contributed by atoms with Crippen LogP contribution in [0.1, 0.15) is 16.7 Å². The second-order valence-corrected chi connectivity index (χ2v) is 6.40. The highest BCUT2D eigenvalue weighted by Gasteiger charge is 2.10. The molecule has 0 spiro atoms. The number of methoxy groups -OCH3 is 1. The molecule has 144 valence electrons. The fraction of sp³-hybridized carbons (Fsp3) is 0.0833. The summed E-state index contributed by atoms with van der Waals surface area (Å²) >= 11 is 0. The molecule has 3 rings (SSSR count). The minimum absolute atomic E-state index is 0.00121. The summed E-state index contributed by atoms with van der Waals surface area (Å²) in [6.07, 6.45) is 2.13. The predicted octanol–water partition coefficient (Wildman–Crippen LogP) is 4.97. The standard InChI is InChI=1S/C24H19FN2O2/c1-29-23-11-9-22(10-12-23)27-24(28)20(16-26)14-18-7-5-17(6-8-18)13-19-3-2-4-21(25)15-19/h2-12,14-15H,13H2,1H3,(H,27,28)/b20-14+. The van der Waals surface area contributed by atoms with Gasteiger partial charge in [-0.2, -0.15) is 5.26 Å². The highest BCUT2D eigenvalue weighted by atomic mass is 19.1. The number of amides is 1. The van der Waals surface area contributed by atoms with Crippen LogP contribution in [0.15, 0.2) is 78.4 Å². The van der Waals surface area contributed by atoms with Gasteiger partial charge in [0.25, 0.3) is 5.91 Å². The molecule has 4 nitrogen and oxygen atoms in total. The van der Waals surface area contributed by atoms with Gasteiger partial charge in [-0.25, -0.2) is 4.39 Å². The molecule has 0 aromatic heterocycles. The van der Waals surface area contributed by atoms with Gasteiger partial charge in [0.2, 0.25) is 0 Å². The zero-order chi connectivity index (χ0) is 20.6. The van der Waals surface area contributed by atoms with Gasteiger partial charge in [0.1, 0.15) is 23.2 Å². The van der Waals surface area contributed by atoms with Crippen LogP contribution in [0.25, 0.3) is 6.08 Å². The van der Waals surface area contributed by atoms with Crippen molar-refractivity contribution in [3.05, 3.63) is 101 Å². The number of halogens is 1. The van der Waals surface area contributed by atoms with Gasteiger partial charge in [0, 0.05) is 5.69 Å². The monoisotopic (exact) mass is 386 g/mol. The van der Waals surface area contributed by atoms with Crippen LogP contribution < -0.4 is 10.1 Å². The minimum Gasteiger partial charge on any atom is -0.497 e. The molecule has 0 aliphatic heterocycles. The van der Waals surface area contributed by atoms with E-state index < -0.39 is 5.91 Å². The Morgan fingerprint density at radius 2 is 1.79 bits per heavy atom. The van der Waals surface area contributed by atoms with Crippen molar-refractivity contribution < 1.29 is 13.9 Å². The van der Waals surface area contributed by atoms with Gasteiger partial charge in [-0.3, -0.25) is 4.79 Å². The van der Waals surface area contributed by atoms with E-state index >= 15 is 0 Å². The fourth-order valence-corrected chi connectivity index (χ4v) is 2.80. The highest BCUT2D eigenvalue weighted by molar-refractivity contribution is 6.09. The maximum Gasteiger partial charge on any atom is 0.266 e. The van der Waals surface area contributed by atoms with Crippen LogP contribution in [0.5, 0.6) is 5.75 Å². The molecule has 0 heterocycles. The molecule has 1 amide bonds.